The van der Waals surface area contributed by atoms with Crippen molar-refractivity contribution in [1.82, 2.24) is 15.1 Å². The molecule has 0 aromatic rings. The van der Waals surface area contributed by atoms with Gasteiger partial charge in [-0.2, -0.15) is 0 Å². The lowest BCUT2D eigenvalue weighted by Crippen LogP contribution is -2.54. The van der Waals surface area contributed by atoms with Crippen molar-refractivity contribution in [2.45, 2.75) is 26.8 Å². The predicted molar refractivity (Wildman–Crippen MR) is 74.4 cm³/mol. The largest absolute Gasteiger partial charge is 0.354 e. The van der Waals surface area contributed by atoms with Crippen molar-refractivity contribution < 1.29 is 4.79 Å². The maximum Gasteiger partial charge on any atom is 0.237 e. The molecule has 1 fully saturated rings. The van der Waals surface area contributed by atoms with Crippen molar-refractivity contribution in [3.63, 3.8) is 0 Å². The van der Waals surface area contributed by atoms with Gasteiger partial charge in [0.05, 0.1) is 6.04 Å². The number of nitrogens with zero attached hydrogens (tertiary/aromatic N) is 2. The zero-order valence-corrected chi connectivity index (χ0v) is 12.0. The zero-order valence-electron chi connectivity index (χ0n) is 12.0. The van der Waals surface area contributed by atoms with Gasteiger partial charge in [0.15, 0.2) is 0 Å². The van der Waals surface area contributed by atoms with E-state index < -0.39 is 0 Å². The first-order chi connectivity index (χ1) is 8.54. The number of piperazine rings is 1. The summed E-state index contributed by atoms with van der Waals surface area (Å²) >= 11 is 0. The molecule has 18 heavy (non-hydrogen) atoms. The Balaban J connectivity index is 2.30. The highest BCUT2D eigenvalue weighted by atomic mass is 16.2. The Morgan fingerprint density at radius 1 is 1.22 bits per heavy atom. The Hall–Kier alpha value is -0.650. The third-order valence-electron chi connectivity index (χ3n) is 3.46. The van der Waals surface area contributed by atoms with Gasteiger partial charge in [0.2, 0.25) is 5.91 Å². The van der Waals surface area contributed by atoms with Gasteiger partial charge < -0.3 is 11.1 Å². The molecule has 106 valence electrons. The van der Waals surface area contributed by atoms with E-state index in [1.54, 1.807) is 0 Å². The smallest absolute Gasteiger partial charge is 0.237 e. The third-order valence-corrected chi connectivity index (χ3v) is 3.46. The normalized spacial score (nSPS) is 20.1. The van der Waals surface area contributed by atoms with Gasteiger partial charge in [-0.15, -0.1) is 0 Å². The Kier molecular flexibility index (Phi) is 6.60. The number of nitrogens with two attached hydrogens (primary N) is 1. The highest BCUT2D eigenvalue weighted by Crippen LogP contribution is 2.06. The van der Waals surface area contributed by atoms with Crippen LogP contribution in [0.25, 0.3) is 0 Å². The molecule has 1 amide bonds. The van der Waals surface area contributed by atoms with Crippen molar-refractivity contribution in [2.75, 3.05) is 45.8 Å². The number of amides is 1. The average molecular weight is 256 g/mol. The molecule has 0 aromatic heterocycles. The number of nitrogens with one attached hydrogen (secondary N) is 1. The highest BCUT2D eigenvalue weighted by Gasteiger charge is 2.24. The molecule has 0 bridgehead atoms. The number of hydrogen-bond acceptors (Lipinski definition) is 4. The van der Waals surface area contributed by atoms with Crippen LogP contribution in [0.5, 0.6) is 0 Å². The minimum absolute atomic E-state index is 0.0243. The molecule has 0 aromatic carbocycles. The van der Waals surface area contributed by atoms with Crippen molar-refractivity contribution in [2.24, 2.45) is 11.7 Å². The van der Waals surface area contributed by atoms with E-state index in [1.807, 2.05) is 6.92 Å². The molecule has 1 aliphatic rings. The van der Waals surface area contributed by atoms with Crippen molar-refractivity contribution in [1.29, 1.82) is 0 Å². The summed E-state index contributed by atoms with van der Waals surface area (Å²) in [4.78, 5) is 16.6. The summed E-state index contributed by atoms with van der Waals surface area (Å²) in [5.74, 6) is 0.651. The van der Waals surface area contributed by atoms with Crippen LogP contribution in [0, 0.1) is 5.92 Å². The molecule has 1 unspecified atom stereocenters. The monoisotopic (exact) mass is 256 g/mol. The number of rotatable bonds is 6. The van der Waals surface area contributed by atoms with Crippen LogP contribution in [0.2, 0.25) is 0 Å². The summed E-state index contributed by atoms with van der Waals surface area (Å²) in [7, 11) is 0. The lowest BCUT2D eigenvalue weighted by molar-refractivity contribution is -0.126. The molecule has 0 radical (unpaired) electrons. The first kappa shape index (κ1) is 15.4. The van der Waals surface area contributed by atoms with Crippen LogP contribution in [-0.2, 0) is 4.79 Å². The van der Waals surface area contributed by atoms with E-state index in [0.717, 1.165) is 39.3 Å². The molecule has 1 rings (SSSR count). The lowest BCUT2D eigenvalue weighted by atomic mass is 10.2. The maximum absolute atomic E-state index is 12.0. The Morgan fingerprint density at radius 3 is 2.33 bits per heavy atom. The zero-order chi connectivity index (χ0) is 13.5. The SMILES string of the molecule is CC(C)CNC(=O)C(C)N1CCN(CCN)CC1. The van der Waals surface area contributed by atoms with Gasteiger partial charge in [-0.1, -0.05) is 13.8 Å². The standard InChI is InChI=1S/C13H28N4O/c1-11(2)10-15-13(18)12(3)17-8-6-16(5-4-14)7-9-17/h11-12H,4-10,14H2,1-3H3,(H,15,18). The molecule has 0 saturated carbocycles. The molecule has 1 atom stereocenters. The van der Waals surface area contributed by atoms with Gasteiger partial charge in [0, 0.05) is 45.8 Å². The highest BCUT2D eigenvalue weighted by molar-refractivity contribution is 5.81. The minimum Gasteiger partial charge on any atom is -0.354 e. The lowest BCUT2D eigenvalue weighted by Gasteiger charge is -2.37. The third kappa shape index (κ3) is 4.92. The second-order valence-electron chi connectivity index (χ2n) is 5.48. The second kappa shape index (κ2) is 7.71. The van der Waals surface area contributed by atoms with Gasteiger partial charge in [0.25, 0.3) is 0 Å². The summed E-state index contributed by atoms with van der Waals surface area (Å²) in [6.45, 7) is 12.6. The van der Waals surface area contributed by atoms with Crippen LogP contribution < -0.4 is 11.1 Å². The Morgan fingerprint density at radius 2 is 1.83 bits per heavy atom. The first-order valence-corrected chi connectivity index (χ1v) is 6.98. The minimum atomic E-state index is -0.0243. The summed E-state index contributed by atoms with van der Waals surface area (Å²) in [6, 6.07) is -0.0243. The van der Waals surface area contributed by atoms with E-state index >= 15 is 0 Å². The number of carbonyl (C=O) groups excluding carboxylic acids is 1. The average Bonchev–Trinajstić information content (AvgIpc) is 2.36. The predicted octanol–water partition coefficient (Wildman–Crippen LogP) is -0.277. The quantitative estimate of drug-likeness (QED) is 0.686. The molecule has 5 heteroatoms. The van der Waals surface area contributed by atoms with Gasteiger partial charge >= 0.3 is 0 Å². The number of carbonyl (C=O) groups is 1. The molecule has 0 spiro atoms. The van der Waals surface area contributed by atoms with Gasteiger partial charge in [-0.25, -0.2) is 0 Å². The van der Waals surface area contributed by atoms with E-state index in [-0.39, 0.29) is 11.9 Å². The van der Waals surface area contributed by atoms with Crippen molar-refractivity contribution in [3.05, 3.63) is 0 Å². The van der Waals surface area contributed by atoms with Crippen LogP contribution in [0.4, 0.5) is 0 Å². The van der Waals surface area contributed by atoms with E-state index in [4.69, 9.17) is 5.73 Å². The fourth-order valence-corrected chi connectivity index (χ4v) is 2.18. The van der Waals surface area contributed by atoms with Crippen LogP contribution in [0.1, 0.15) is 20.8 Å². The fraction of sp³-hybridized carbons (Fsp3) is 0.923. The molecule has 0 aliphatic carbocycles. The van der Waals surface area contributed by atoms with Gasteiger partial charge in [-0.3, -0.25) is 14.6 Å². The second-order valence-corrected chi connectivity index (χ2v) is 5.48. The van der Waals surface area contributed by atoms with Crippen LogP contribution in [0.15, 0.2) is 0 Å². The first-order valence-electron chi connectivity index (χ1n) is 6.98. The Bertz CT molecular complexity index is 249. The Labute approximate surface area is 111 Å². The van der Waals surface area contributed by atoms with Crippen LogP contribution >= 0.6 is 0 Å². The summed E-state index contributed by atoms with van der Waals surface area (Å²) in [5.41, 5.74) is 5.55. The van der Waals surface area contributed by atoms with Crippen LogP contribution in [0.3, 0.4) is 0 Å². The molecule has 1 aliphatic heterocycles. The van der Waals surface area contributed by atoms with E-state index in [1.165, 1.54) is 0 Å². The number of hydrogen-bond donors (Lipinski definition) is 2. The van der Waals surface area contributed by atoms with Crippen molar-refractivity contribution >= 4 is 5.91 Å². The van der Waals surface area contributed by atoms with E-state index in [0.29, 0.717) is 12.5 Å². The van der Waals surface area contributed by atoms with E-state index in [9.17, 15) is 4.79 Å². The van der Waals surface area contributed by atoms with Crippen molar-refractivity contribution in [3.8, 4) is 0 Å². The summed E-state index contributed by atoms with van der Waals surface area (Å²) in [6.07, 6.45) is 0. The molecule has 1 saturated heterocycles. The van der Waals surface area contributed by atoms with E-state index in [2.05, 4.69) is 29.0 Å². The molecule has 5 nitrogen and oxygen atoms in total. The molecular formula is C13H28N4O. The molecule has 1 heterocycles. The van der Waals surface area contributed by atoms with Gasteiger partial charge in [-0.05, 0) is 12.8 Å². The van der Waals surface area contributed by atoms with Crippen LogP contribution in [-0.4, -0.2) is 67.6 Å². The summed E-state index contributed by atoms with van der Waals surface area (Å²) < 4.78 is 0. The van der Waals surface area contributed by atoms with Gasteiger partial charge in [0.1, 0.15) is 0 Å². The summed E-state index contributed by atoms with van der Waals surface area (Å²) in [5, 5.41) is 3.00. The molecule has 3 N–H and O–H groups in total. The topological polar surface area (TPSA) is 61.6 Å². The molecular weight excluding hydrogens is 228 g/mol. The fourth-order valence-electron chi connectivity index (χ4n) is 2.18. The maximum atomic E-state index is 12.0.